The Kier molecular flexibility index (Phi) is 7.99. The minimum absolute atomic E-state index is 0. The summed E-state index contributed by atoms with van der Waals surface area (Å²) in [5.74, 6) is 1.87. The molecule has 26 heavy (non-hydrogen) atoms. The van der Waals surface area contributed by atoms with Gasteiger partial charge in [0.25, 0.3) is 0 Å². The number of rotatable bonds is 5. The maximum absolute atomic E-state index is 6.05. The number of halogens is 1. The molecule has 0 saturated carbocycles. The fraction of sp³-hybridized carbons (Fsp3) is 0.316. The van der Waals surface area contributed by atoms with E-state index in [1.54, 1.807) is 7.11 Å². The standard InChI is InChI=1S/C19H23N3O3.HI/c1-23-13-15-6-2-3-8-16(15)22-19(20)21-12-14-7-4-9-17-18(14)25-11-5-10-24-17;/h2-4,6-9H,5,10-13H2,1H3,(H3,20,21,22);1H. The molecule has 6 nitrogen and oxygen atoms in total. The molecule has 1 heterocycles. The van der Waals surface area contributed by atoms with Crippen molar-refractivity contribution >= 4 is 35.6 Å². The van der Waals surface area contributed by atoms with Gasteiger partial charge in [0.1, 0.15) is 0 Å². The van der Waals surface area contributed by atoms with Crippen molar-refractivity contribution in [2.24, 2.45) is 10.7 Å². The molecule has 3 rings (SSSR count). The molecule has 1 aliphatic heterocycles. The van der Waals surface area contributed by atoms with E-state index in [9.17, 15) is 0 Å². The second-order valence-corrected chi connectivity index (χ2v) is 5.71. The van der Waals surface area contributed by atoms with Crippen LogP contribution in [0.2, 0.25) is 0 Å². The van der Waals surface area contributed by atoms with Gasteiger partial charge in [-0.3, -0.25) is 0 Å². The molecule has 0 saturated heterocycles. The lowest BCUT2D eigenvalue weighted by atomic mass is 10.2. The molecule has 0 bridgehead atoms. The average molecular weight is 469 g/mol. The van der Waals surface area contributed by atoms with Crippen LogP contribution in [0.1, 0.15) is 17.5 Å². The van der Waals surface area contributed by atoms with Crippen molar-refractivity contribution in [3.63, 3.8) is 0 Å². The van der Waals surface area contributed by atoms with E-state index in [0.717, 1.165) is 34.7 Å². The second kappa shape index (κ2) is 10.2. The van der Waals surface area contributed by atoms with Crippen molar-refractivity contribution in [1.82, 2.24) is 0 Å². The molecule has 0 aliphatic carbocycles. The van der Waals surface area contributed by atoms with Crippen LogP contribution in [0.15, 0.2) is 47.5 Å². The van der Waals surface area contributed by atoms with Crippen molar-refractivity contribution in [3.8, 4) is 11.5 Å². The number of hydrogen-bond acceptors (Lipinski definition) is 4. The Bertz CT molecular complexity index is 753. The largest absolute Gasteiger partial charge is 0.490 e. The molecule has 2 aromatic rings. The van der Waals surface area contributed by atoms with Gasteiger partial charge in [0, 0.05) is 30.3 Å². The first-order chi connectivity index (χ1) is 12.3. The fourth-order valence-electron chi connectivity index (χ4n) is 2.65. The lowest BCUT2D eigenvalue weighted by Crippen LogP contribution is -2.23. The van der Waals surface area contributed by atoms with E-state index < -0.39 is 0 Å². The van der Waals surface area contributed by atoms with Crippen LogP contribution in [-0.2, 0) is 17.9 Å². The van der Waals surface area contributed by atoms with Gasteiger partial charge >= 0.3 is 0 Å². The summed E-state index contributed by atoms with van der Waals surface area (Å²) >= 11 is 0. The fourth-order valence-corrected chi connectivity index (χ4v) is 2.65. The minimum Gasteiger partial charge on any atom is -0.490 e. The summed E-state index contributed by atoms with van der Waals surface area (Å²) in [5, 5.41) is 3.13. The van der Waals surface area contributed by atoms with Crippen LogP contribution in [0.25, 0.3) is 0 Å². The Morgan fingerprint density at radius 1 is 1.12 bits per heavy atom. The first kappa shape index (κ1) is 20.3. The Morgan fingerprint density at radius 3 is 2.73 bits per heavy atom. The van der Waals surface area contributed by atoms with Gasteiger partial charge in [-0.05, 0) is 12.1 Å². The van der Waals surface area contributed by atoms with Crippen LogP contribution in [0.4, 0.5) is 5.69 Å². The summed E-state index contributed by atoms with van der Waals surface area (Å²) in [5.41, 5.74) is 8.91. The topological polar surface area (TPSA) is 78.1 Å². The van der Waals surface area contributed by atoms with E-state index in [1.807, 2.05) is 42.5 Å². The van der Waals surface area contributed by atoms with Gasteiger partial charge in [0.2, 0.25) is 0 Å². The number of guanidine groups is 1. The number of anilines is 1. The first-order valence-electron chi connectivity index (χ1n) is 8.29. The van der Waals surface area contributed by atoms with Crippen LogP contribution >= 0.6 is 24.0 Å². The lowest BCUT2D eigenvalue weighted by Gasteiger charge is -2.12. The minimum atomic E-state index is 0. The molecule has 1 aliphatic rings. The third kappa shape index (κ3) is 5.25. The zero-order chi connectivity index (χ0) is 17.5. The van der Waals surface area contributed by atoms with Gasteiger partial charge in [-0.2, -0.15) is 0 Å². The molecule has 0 spiro atoms. The highest BCUT2D eigenvalue weighted by Crippen LogP contribution is 2.33. The SMILES string of the molecule is COCc1ccccc1NC(N)=NCc1cccc2c1OCCCO2.I. The molecule has 0 radical (unpaired) electrons. The first-order valence-corrected chi connectivity index (χ1v) is 8.29. The van der Waals surface area contributed by atoms with Gasteiger partial charge in [-0.25, -0.2) is 4.99 Å². The van der Waals surface area contributed by atoms with Crippen LogP contribution in [0.5, 0.6) is 11.5 Å². The molecular formula is C19H24IN3O3. The number of nitrogens with one attached hydrogen (secondary N) is 1. The maximum atomic E-state index is 6.05. The normalized spacial score (nSPS) is 13.5. The van der Waals surface area contributed by atoms with E-state index in [1.165, 1.54) is 0 Å². The number of aliphatic imine (C=N–C) groups is 1. The highest BCUT2D eigenvalue weighted by atomic mass is 127. The monoisotopic (exact) mass is 469 g/mol. The summed E-state index contributed by atoms with van der Waals surface area (Å²) < 4.78 is 16.7. The average Bonchev–Trinajstić information content (AvgIpc) is 2.88. The molecule has 3 N–H and O–H groups in total. The van der Waals surface area contributed by atoms with Gasteiger partial charge in [-0.1, -0.05) is 30.3 Å². The predicted octanol–water partition coefficient (Wildman–Crippen LogP) is 3.54. The van der Waals surface area contributed by atoms with Crippen molar-refractivity contribution in [2.45, 2.75) is 19.6 Å². The molecular weight excluding hydrogens is 445 g/mol. The van der Waals surface area contributed by atoms with Crippen LogP contribution in [0, 0.1) is 0 Å². The number of para-hydroxylation sites is 2. The molecule has 140 valence electrons. The second-order valence-electron chi connectivity index (χ2n) is 5.71. The number of nitrogens with zero attached hydrogens (tertiary/aromatic N) is 1. The maximum Gasteiger partial charge on any atom is 0.193 e. The third-order valence-corrected chi connectivity index (χ3v) is 3.85. The van der Waals surface area contributed by atoms with Gasteiger partial charge in [0.15, 0.2) is 17.5 Å². The quantitative estimate of drug-likeness (QED) is 0.398. The lowest BCUT2D eigenvalue weighted by molar-refractivity contribution is 0.185. The summed E-state index contributed by atoms with van der Waals surface area (Å²) in [6, 6.07) is 13.7. The Labute approximate surface area is 170 Å². The van der Waals surface area contributed by atoms with Gasteiger partial charge < -0.3 is 25.3 Å². The summed E-state index contributed by atoms with van der Waals surface area (Å²) in [6.07, 6.45) is 0.872. The molecule has 0 unspecified atom stereocenters. The molecule has 0 atom stereocenters. The van der Waals surface area contributed by atoms with Crippen molar-refractivity contribution in [1.29, 1.82) is 0 Å². The van der Waals surface area contributed by atoms with Gasteiger partial charge in [-0.15, -0.1) is 24.0 Å². The highest BCUT2D eigenvalue weighted by Gasteiger charge is 2.14. The van der Waals surface area contributed by atoms with Crippen molar-refractivity contribution in [2.75, 3.05) is 25.6 Å². The van der Waals surface area contributed by atoms with E-state index in [-0.39, 0.29) is 24.0 Å². The Morgan fingerprint density at radius 2 is 1.88 bits per heavy atom. The van der Waals surface area contributed by atoms with E-state index in [0.29, 0.717) is 32.3 Å². The highest BCUT2D eigenvalue weighted by molar-refractivity contribution is 14.0. The molecule has 0 amide bonds. The summed E-state index contributed by atoms with van der Waals surface area (Å²) in [4.78, 5) is 4.44. The molecule has 0 aromatic heterocycles. The van der Waals surface area contributed by atoms with Crippen LogP contribution in [-0.4, -0.2) is 26.3 Å². The smallest absolute Gasteiger partial charge is 0.193 e. The van der Waals surface area contributed by atoms with Crippen molar-refractivity contribution < 1.29 is 14.2 Å². The Hall–Kier alpha value is -2.00. The number of ether oxygens (including phenoxy) is 3. The van der Waals surface area contributed by atoms with E-state index >= 15 is 0 Å². The molecule has 7 heteroatoms. The summed E-state index contributed by atoms with van der Waals surface area (Å²) in [7, 11) is 1.66. The number of fused-ring (bicyclic) bond motifs is 1. The molecule has 0 fully saturated rings. The third-order valence-electron chi connectivity index (χ3n) is 3.85. The van der Waals surface area contributed by atoms with Crippen LogP contribution in [0.3, 0.4) is 0 Å². The van der Waals surface area contributed by atoms with E-state index in [4.69, 9.17) is 19.9 Å². The van der Waals surface area contributed by atoms with Crippen LogP contribution < -0.4 is 20.5 Å². The number of methoxy groups -OCH3 is 1. The zero-order valence-electron chi connectivity index (χ0n) is 14.7. The Balaban J connectivity index is 0.00000243. The molecule has 2 aromatic carbocycles. The number of nitrogens with two attached hydrogens (primary N) is 1. The zero-order valence-corrected chi connectivity index (χ0v) is 17.1. The van der Waals surface area contributed by atoms with Gasteiger partial charge in [0.05, 0.1) is 26.4 Å². The summed E-state index contributed by atoms with van der Waals surface area (Å²) in [6.45, 7) is 2.23. The van der Waals surface area contributed by atoms with E-state index in [2.05, 4.69) is 10.3 Å². The predicted molar refractivity (Wildman–Crippen MR) is 114 cm³/mol. The number of hydrogen-bond donors (Lipinski definition) is 2. The number of benzene rings is 2. The van der Waals surface area contributed by atoms with Crippen molar-refractivity contribution in [3.05, 3.63) is 53.6 Å².